The Morgan fingerprint density at radius 1 is 1.26 bits per heavy atom. The lowest BCUT2D eigenvalue weighted by Gasteiger charge is -2.29. The van der Waals surface area contributed by atoms with Crippen LogP contribution in [0.3, 0.4) is 0 Å². The molecule has 186 valence electrons. The van der Waals surface area contributed by atoms with Gasteiger partial charge in [-0.05, 0) is 12.5 Å². The Hall–Kier alpha value is -3.62. The molecule has 0 saturated heterocycles. The molecule has 0 aliphatic carbocycles. The van der Waals surface area contributed by atoms with E-state index in [1.807, 2.05) is 11.0 Å². The molecule has 4 aromatic rings. The number of hydrogen-bond acceptors (Lipinski definition) is 9. The summed E-state index contributed by atoms with van der Waals surface area (Å²) in [5.74, 6) is -0.487. The Morgan fingerprint density at radius 2 is 2.09 bits per heavy atom. The summed E-state index contributed by atoms with van der Waals surface area (Å²) < 4.78 is 47.6. The van der Waals surface area contributed by atoms with E-state index in [1.165, 1.54) is 17.5 Å². The van der Waals surface area contributed by atoms with Gasteiger partial charge in [-0.3, -0.25) is 4.57 Å². The van der Waals surface area contributed by atoms with Gasteiger partial charge in [-0.2, -0.15) is 23.1 Å². The van der Waals surface area contributed by atoms with Crippen LogP contribution in [0.15, 0.2) is 17.1 Å². The number of halogens is 3. The molecule has 35 heavy (non-hydrogen) atoms. The molecule has 15 heteroatoms. The van der Waals surface area contributed by atoms with Crippen LogP contribution in [0.1, 0.15) is 29.9 Å². The van der Waals surface area contributed by atoms with E-state index in [-0.39, 0.29) is 50.5 Å². The number of ether oxygens (including phenoxy) is 1. The number of alkyl halides is 3. The van der Waals surface area contributed by atoms with E-state index >= 15 is 0 Å². The minimum absolute atomic E-state index is 0.0206. The number of H-pyrrole nitrogens is 1. The van der Waals surface area contributed by atoms with Gasteiger partial charge in [0.25, 0.3) is 0 Å². The molecular weight excluding hydrogens is 489 g/mol. The third kappa shape index (κ3) is 4.42. The lowest BCUT2D eigenvalue weighted by atomic mass is 10.2. The molecular formula is C20H21F3N8O3S. The van der Waals surface area contributed by atoms with Gasteiger partial charge in [-0.1, -0.05) is 13.3 Å². The standard InChI is InChI=1S/C20H21F3N8O3S/c1-2-3-11-8-12-15(29-4-5-30-13(10-29)27-28-17(30)20(21,22)23)25-18(26-16(12)35-11)34-7-6-31-14(32)9-24-19(31)33/h8-9,32H,2-7,10H2,1H3,(H,24,33). The Balaban J connectivity index is 1.44. The average Bonchev–Trinajstić information content (AvgIpc) is 3.50. The van der Waals surface area contributed by atoms with Gasteiger partial charge in [0.1, 0.15) is 17.3 Å². The van der Waals surface area contributed by atoms with Gasteiger partial charge in [0.2, 0.25) is 11.7 Å². The molecule has 0 spiro atoms. The summed E-state index contributed by atoms with van der Waals surface area (Å²) in [5, 5.41) is 17.6. The zero-order chi connectivity index (χ0) is 24.7. The molecule has 2 N–H and O–H groups in total. The summed E-state index contributed by atoms with van der Waals surface area (Å²) >= 11 is 1.50. The second kappa shape index (κ2) is 8.87. The lowest BCUT2D eigenvalue weighted by Crippen LogP contribution is -2.36. The number of fused-ring (bicyclic) bond motifs is 2. The minimum Gasteiger partial charge on any atom is -0.493 e. The third-order valence-corrected chi connectivity index (χ3v) is 6.69. The van der Waals surface area contributed by atoms with Gasteiger partial charge in [0.05, 0.1) is 24.7 Å². The summed E-state index contributed by atoms with van der Waals surface area (Å²) in [7, 11) is 0. The summed E-state index contributed by atoms with van der Waals surface area (Å²) in [6, 6.07) is 2.07. The summed E-state index contributed by atoms with van der Waals surface area (Å²) in [5.41, 5.74) is -0.471. The predicted octanol–water partition coefficient (Wildman–Crippen LogP) is 2.55. The number of aromatic hydroxyl groups is 1. The predicted molar refractivity (Wildman–Crippen MR) is 120 cm³/mol. The number of imidazole rings is 1. The molecule has 0 amide bonds. The molecule has 5 heterocycles. The first-order valence-electron chi connectivity index (χ1n) is 10.9. The van der Waals surface area contributed by atoms with Crippen molar-refractivity contribution < 1.29 is 23.0 Å². The number of hydrogen-bond donors (Lipinski definition) is 2. The number of nitrogens with one attached hydrogen (secondary N) is 1. The molecule has 0 atom stereocenters. The first kappa shape index (κ1) is 23.1. The number of thiophene rings is 1. The Kier molecular flexibility index (Phi) is 5.86. The average molecular weight is 511 g/mol. The van der Waals surface area contributed by atoms with Crippen molar-refractivity contribution in [1.82, 2.24) is 34.3 Å². The van der Waals surface area contributed by atoms with Crippen LogP contribution in [-0.4, -0.2) is 52.5 Å². The lowest BCUT2D eigenvalue weighted by molar-refractivity contribution is -0.147. The van der Waals surface area contributed by atoms with Gasteiger partial charge in [0.15, 0.2) is 5.82 Å². The monoisotopic (exact) mass is 510 g/mol. The van der Waals surface area contributed by atoms with Crippen molar-refractivity contribution in [3.63, 3.8) is 0 Å². The number of anilines is 1. The fourth-order valence-corrected chi connectivity index (χ4v) is 5.11. The molecule has 1 aliphatic rings. The van der Waals surface area contributed by atoms with Crippen molar-refractivity contribution in [1.29, 1.82) is 0 Å². The Labute approximate surface area is 199 Å². The Bertz CT molecular complexity index is 1420. The summed E-state index contributed by atoms with van der Waals surface area (Å²) in [6.07, 6.45) is -1.59. The van der Waals surface area contributed by atoms with Crippen LogP contribution in [0.25, 0.3) is 10.2 Å². The number of aromatic nitrogens is 7. The van der Waals surface area contributed by atoms with E-state index in [4.69, 9.17) is 4.74 Å². The number of nitrogens with zero attached hydrogens (tertiary/aromatic N) is 7. The van der Waals surface area contributed by atoms with Crippen molar-refractivity contribution >= 4 is 27.4 Å². The smallest absolute Gasteiger partial charge is 0.451 e. The quantitative estimate of drug-likeness (QED) is 0.388. The molecule has 0 fully saturated rings. The number of aromatic amines is 1. The van der Waals surface area contributed by atoms with E-state index in [1.54, 1.807) is 0 Å². The second-order valence-electron chi connectivity index (χ2n) is 7.97. The maximum atomic E-state index is 13.2. The zero-order valence-corrected chi connectivity index (χ0v) is 19.4. The largest absolute Gasteiger partial charge is 0.493 e. The highest BCUT2D eigenvalue weighted by Crippen LogP contribution is 2.35. The molecule has 0 bridgehead atoms. The first-order chi connectivity index (χ1) is 16.7. The van der Waals surface area contributed by atoms with Crippen molar-refractivity contribution in [2.45, 2.75) is 45.6 Å². The normalized spacial score (nSPS) is 14.0. The SMILES string of the molecule is CCCc1cc2c(N3CCn4c(nnc4C(F)(F)F)C3)nc(OCCn3c(O)c[nH]c3=O)nc2s1. The van der Waals surface area contributed by atoms with Gasteiger partial charge in [-0.25, -0.2) is 4.79 Å². The Morgan fingerprint density at radius 3 is 2.80 bits per heavy atom. The third-order valence-electron chi connectivity index (χ3n) is 5.60. The van der Waals surface area contributed by atoms with Gasteiger partial charge < -0.3 is 24.3 Å². The van der Waals surface area contributed by atoms with Crippen LogP contribution in [-0.2, 0) is 32.2 Å². The highest BCUT2D eigenvalue weighted by molar-refractivity contribution is 7.18. The van der Waals surface area contributed by atoms with Crippen molar-refractivity contribution in [3.8, 4) is 11.9 Å². The summed E-state index contributed by atoms with van der Waals surface area (Å²) in [4.78, 5) is 26.8. The van der Waals surface area contributed by atoms with Gasteiger partial charge in [0, 0.05) is 18.0 Å². The molecule has 0 saturated carbocycles. The molecule has 0 aromatic carbocycles. The van der Waals surface area contributed by atoms with Crippen LogP contribution in [0, 0.1) is 0 Å². The maximum Gasteiger partial charge on any atom is 0.451 e. The van der Waals surface area contributed by atoms with Crippen molar-refractivity contribution in [2.24, 2.45) is 0 Å². The van der Waals surface area contributed by atoms with E-state index in [9.17, 15) is 23.1 Å². The first-order valence-corrected chi connectivity index (χ1v) is 11.7. The molecule has 1 aliphatic heterocycles. The molecule has 0 radical (unpaired) electrons. The molecule has 0 unspecified atom stereocenters. The van der Waals surface area contributed by atoms with E-state index in [0.29, 0.717) is 10.6 Å². The molecule has 4 aromatic heterocycles. The summed E-state index contributed by atoms with van der Waals surface area (Å²) in [6.45, 7) is 2.59. The van der Waals surface area contributed by atoms with E-state index in [2.05, 4.69) is 32.1 Å². The highest BCUT2D eigenvalue weighted by Gasteiger charge is 2.39. The van der Waals surface area contributed by atoms with Crippen LogP contribution < -0.4 is 15.3 Å². The van der Waals surface area contributed by atoms with Crippen LogP contribution >= 0.6 is 11.3 Å². The fourth-order valence-electron chi connectivity index (χ4n) is 3.99. The van der Waals surface area contributed by atoms with Gasteiger partial charge in [-0.15, -0.1) is 21.5 Å². The minimum atomic E-state index is -4.57. The zero-order valence-electron chi connectivity index (χ0n) is 18.5. The molecule has 11 nitrogen and oxygen atoms in total. The van der Waals surface area contributed by atoms with E-state index in [0.717, 1.165) is 32.2 Å². The fraction of sp³-hybridized carbons (Fsp3) is 0.450. The van der Waals surface area contributed by atoms with E-state index < -0.39 is 17.7 Å². The second-order valence-corrected chi connectivity index (χ2v) is 9.09. The topological polar surface area (TPSA) is 127 Å². The van der Waals surface area contributed by atoms with Crippen LogP contribution in [0.5, 0.6) is 11.9 Å². The molecule has 5 rings (SSSR count). The number of aryl methyl sites for hydroxylation is 1. The van der Waals surface area contributed by atoms with Crippen LogP contribution in [0.2, 0.25) is 0 Å². The van der Waals surface area contributed by atoms with Gasteiger partial charge >= 0.3 is 17.9 Å². The maximum absolute atomic E-state index is 13.2. The van der Waals surface area contributed by atoms with Crippen molar-refractivity contribution in [3.05, 3.63) is 39.3 Å². The number of rotatable bonds is 7. The van der Waals surface area contributed by atoms with Crippen molar-refractivity contribution in [2.75, 3.05) is 18.1 Å². The highest BCUT2D eigenvalue weighted by atomic mass is 32.1. The van der Waals surface area contributed by atoms with Crippen LogP contribution in [0.4, 0.5) is 19.0 Å².